The zero-order valence-corrected chi connectivity index (χ0v) is 14.0. The second kappa shape index (κ2) is 8.22. The van der Waals surface area contributed by atoms with E-state index in [1.54, 1.807) is 0 Å². The number of aromatic nitrogens is 2. The van der Waals surface area contributed by atoms with E-state index in [4.69, 9.17) is 0 Å². The molecule has 0 aliphatic heterocycles. The molecule has 1 heterocycles. The van der Waals surface area contributed by atoms with E-state index in [0.717, 1.165) is 5.56 Å². The Kier molecular flexibility index (Phi) is 5.55. The van der Waals surface area contributed by atoms with Crippen LogP contribution in [0.3, 0.4) is 0 Å². The van der Waals surface area contributed by atoms with Crippen molar-refractivity contribution < 1.29 is 18.3 Å². The summed E-state index contributed by atoms with van der Waals surface area (Å²) in [5.41, 5.74) is 0.802. The minimum Gasteiger partial charge on any atom is -0.435 e. The number of carbonyl (C=O) groups is 1. The van der Waals surface area contributed by atoms with Crippen LogP contribution in [-0.4, -0.2) is 22.3 Å². The fraction of sp³-hybridized carbons (Fsp3) is 0.105. The summed E-state index contributed by atoms with van der Waals surface area (Å²) in [6, 6.07) is 17.4. The lowest BCUT2D eigenvalue weighted by Crippen LogP contribution is -2.26. The molecular weight excluding hydrogens is 356 g/mol. The van der Waals surface area contributed by atoms with E-state index in [-0.39, 0.29) is 29.2 Å². The van der Waals surface area contributed by atoms with Gasteiger partial charge in [0.25, 0.3) is 11.5 Å². The standard InChI is InChI=1S/C19H15F2N3O3/c20-19(21)27-15-8-4-7-14(11-15)22-18(26)16-9-10-17(25)24(23-16)12-13-5-2-1-3-6-13/h1-11,19H,12H2,(H,22,26). The average Bonchev–Trinajstić information content (AvgIpc) is 2.64. The minimum absolute atomic E-state index is 0.0192. The smallest absolute Gasteiger partial charge is 0.387 e. The number of nitrogens with one attached hydrogen (secondary N) is 1. The number of hydrogen-bond donors (Lipinski definition) is 1. The number of amides is 1. The molecule has 8 heteroatoms. The van der Waals surface area contributed by atoms with Crippen molar-refractivity contribution in [1.29, 1.82) is 0 Å². The summed E-state index contributed by atoms with van der Waals surface area (Å²) in [5, 5.41) is 6.62. The number of halogens is 2. The molecule has 0 aliphatic rings. The number of rotatable bonds is 6. The van der Waals surface area contributed by atoms with Gasteiger partial charge >= 0.3 is 6.61 Å². The molecule has 0 unspecified atom stereocenters. The Hall–Kier alpha value is -3.55. The van der Waals surface area contributed by atoms with Gasteiger partial charge in [0.05, 0.1) is 6.54 Å². The van der Waals surface area contributed by atoms with Crippen molar-refractivity contribution in [2.75, 3.05) is 5.32 Å². The zero-order valence-electron chi connectivity index (χ0n) is 14.0. The van der Waals surface area contributed by atoms with Crippen LogP contribution in [-0.2, 0) is 6.54 Å². The summed E-state index contributed by atoms with van der Waals surface area (Å²) < 4.78 is 30.1. The molecule has 3 aromatic rings. The molecule has 138 valence electrons. The third kappa shape index (κ3) is 4.97. The lowest BCUT2D eigenvalue weighted by Gasteiger charge is -2.09. The molecule has 1 aromatic heterocycles. The van der Waals surface area contributed by atoms with Crippen LogP contribution in [0.25, 0.3) is 0 Å². The molecule has 0 bridgehead atoms. The summed E-state index contributed by atoms with van der Waals surface area (Å²) in [5.74, 6) is -0.657. The number of ether oxygens (including phenoxy) is 1. The van der Waals surface area contributed by atoms with Gasteiger partial charge in [-0.3, -0.25) is 9.59 Å². The molecule has 0 spiro atoms. The fourth-order valence-corrected chi connectivity index (χ4v) is 2.38. The Morgan fingerprint density at radius 3 is 2.59 bits per heavy atom. The highest BCUT2D eigenvalue weighted by atomic mass is 19.3. The number of carbonyl (C=O) groups excluding carboxylic acids is 1. The monoisotopic (exact) mass is 371 g/mol. The van der Waals surface area contributed by atoms with E-state index in [0.29, 0.717) is 0 Å². The summed E-state index contributed by atoms with van der Waals surface area (Å²) in [7, 11) is 0. The van der Waals surface area contributed by atoms with Crippen molar-refractivity contribution >= 4 is 11.6 Å². The maximum absolute atomic E-state index is 12.4. The second-order valence-electron chi connectivity index (χ2n) is 5.56. The Morgan fingerprint density at radius 1 is 1.07 bits per heavy atom. The van der Waals surface area contributed by atoms with E-state index >= 15 is 0 Å². The largest absolute Gasteiger partial charge is 0.435 e. The Labute approximate surface area is 153 Å². The number of nitrogens with zero attached hydrogens (tertiary/aromatic N) is 2. The summed E-state index contributed by atoms with van der Waals surface area (Å²) in [6.45, 7) is -2.74. The molecule has 0 fully saturated rings. The topological polar surface area (TPSA) is 73.2 Å². The van der Waals surface area contributed by atoms with Gasteiger partial charge in [0.15, 0.2) is 0 Å². The first kappa shape index (κ1) is 18.2. The first-order chi connectivity index (χ1) is 13.0. The van der Waals surface area contributed by atoms with Gasteiger partial charge in [0, 0.05) is 17.8 Å². The molecular formula is C19H15F2N3O3. The van der Waals surface area contributed by atoms with E-state index in [1.165, 1.54) is 41.1 Å². The predicted octanol–water partition coefficient (Wildman–Crippen LogP) is 3.15. The Balaban J connectivity index is 1.77. The van der Waals surface area contributed by atoms with Crippen molar-refractivity contribution in [2.24, 2.45) is 0 Å². The van der Waals surface area contributed by atoms with E-state index < -0.39 is 12.5 Å². The Morgan fingerprint density at radius 2 is 1.85 bits per heavy atom. The predicted molar refractivity (Wildman–Crippen MR) is 95.1 cm³/mol. The van der Waals surface area contributed by atoms with Crippen LogP contribution < -0.4 is 15.6 Å². The third-order valence-corrected chi connectivity index (χ3v) is 3.59. The lowest BCUT2D eigenvalue weighted by molar-refractivity contribution is -0.0497. The van der Waals surface area contributed by atoms with Crippen LogP contribution in [0, 0.1) is 0 Å². The quantitative estimate of drug-likeness (QED) is 0.723. The molecule has 0 atom stereocenters. The van der Waals surface area contributed by atoms with E-state index in [9.17, 15) is 18.4 Å². The van der Waals surface area contributed by atoms with Gasteiger partial charge in [-0.1, -0.05) is 36.4 Å². The SMILES string of the molecule is O=C(Nc1cccc(OC(F)F)c1)c1ccc(=O)n(Cc2ccccc2)n1. The Bertz CT molecular complexity index is 991. The van der Waals surface area contributed by atoms with E-state index in [2.05, 4.69) is 15.2 Å². The normalized spacial score (nSPS) is 10.6. The fourth-order valence-electron chi connectivity index (χ4n) is 2.38. The van der Waals surface area contributed by atoms with Gasteiger partial charge in [-0.2, -0.15) is 13.9 Å². The average molecular weight is 371 g/mol. The minimum atomic E-state index is -2.96. The van der Waals surface area contributed by atoms with Gasteiger partial charge in [0.1, 0.15) is 11.4 Å². The molecule has 27 heavy (non-hydrogen) atoms. The molecule has 6 nitrogen and oxygen atoms in total. The van der Waals surface area contributed by atoms with E-state index in [1.807, 2.05) is 30.3 Å². The highest BCUT2D eigenvalue weighted by Crippen LogP contribution is 2.19. The van der Waals surface area contributed by atoms with Crippen molar-refractivity contribution in [2.45, 2.75) is 13.2 Å². The van der Waals surface area contributed by atoms with Crippen LogP contribution in [0.15, 0.2) is 71.5 Å². The molecule has 3 rings (SSSR count). The highest BCUT2D eigenvalue weighted by molar-refractivity contribution is 6.02. The first-order valence-corrected chi connectivity index (χ1v) is 7.99. The van der Waals surface area contributed by atoms with Crippen LogP contribution >= 0.6 is 0 Å². The zero-order chi connectivity index (χ0) is 19.2. The molecule has 1 N–H and O–H groups in total. The number of alkyl halides is 2. The van der Waals surface area contributed by atoms with Gasteiger partial charge < -0.3 is 10.1 Å². The summed E-state index contributed by atoms with van der Waals surface area (Å²) >= 11 is 0. The maximum atomic E-state index is 12.4. The maximum Gasteiger partial charge on any atom is 0.387 e. The molecule has 1 amide bonds. The molecule has 0 saturated heterocycles. The van der Waals surface area contributed by atoms with Gasteiger partial charge in [0.2, 0.25) is 0 Å². The third-order valence-electron chi connectivity index (χ3n) is 3.59. The van der Waals surface area contributed by atoms with Gasteiger partial charge in [-0.05, 0) is 23.8 Å². The second-order valence-corrected chi connectivity index (χ2v) is 5.56. The van der Waals surface area contributed by atoms with Crippen molar-refractivity contribution in [3.05, 3.63) is 88.3 Å². The van der Waals surface area contributed by atoms with Crippen LogP contribution in [0.4, 0.5) is 14.5 Å². The van der Waals surface area contributed by atoms with Gasteiger partial charge in [-0.25, -0.2) is 4.68 Å². The molecule has 0 aliphatic carbocycles. The van der Waals surface area contributed by atoms with Crippen LogP contribution in [0.2, 0.25) is 0 Å². The number of hydrogen-bond acceptors (Lipinski definition) is 4. The lowest BCUT2D eigenvalue weighted by atomic mass is 10.2. The number of anilines is 1. The molecule has 2 aromatic carbocycles. The van der Waals surface area contributed by atoms with Crippen molar-refractivity contribution in [3.8, 4) is 5.75 Å². The highest BCUT2D eigenvalue weighted by Gasteiger charge is 2.12. The van der Waals surface area contributed by atoms with Crippen molar-refractivity contribution in [1.82, 2.24) is 9.78 Å². The van der Waals surface area contributed by atoms with Crippen molar-refractivity contribution in [3.63, 3.8) is 0 Å². The number of benzene rings is 2. The summed E-state index contributed by atoms with van der Waals surface area (Å²) in [4.78, 5) is 24.4. The van der Waals surface area contributed by atoms with Crippen LogP contribution in [0.5, 0.6) is 5.75 Å². The first-order valence-electron chi connectivity index (χ1n) is 7.99. The molecule has 0 saturated carbocycles. The van der Waals surface area contributed by atoms with Crippen LogP contribution in [0.1, 0.15) is 16.1 Å². The molecule has 0 radical (unpaired) electrons. The summed E-state index contributed by atoms with van der Waals surface area (Å²) in [6.07, 6.45) is 0. The van der Waals surface area contributed by atoms with Gasteiger partial charge in [-0.15, -0.1) is 0 Å².